The van der Waals surface area contributed by atoms with Crippen LogP contribution in [0.1, 0.15) is 17.2 Å². The summed E-state index contributed by atoms with van der Waals surface area (Å²) >= 11 is 0. The molecule has 24 heavy (non-hydrogen) atoms. The van der Waals surface area contributed by atoms with Crippen LogP contribution in [0.4, 0.5) is 0 Å². The van der Waals surface area contributed by atoms with Gasteiger partial charge in [-0.05, 0) is 46.8 Å². The number of hydrogen-bond donors (Lipinski definition) is 1. The van der Waals surface area contributed by atoms with Crippen molar-refractivity contribution in [2.45, 2.75) is 6.10 Å². The predicted molar refractivity (Wildman–Crippen MR) is 93.1 cm³/mol. The fourth-order valence-electron chi connectivity index (χ4n) is 2.92. The lowest BCUT2D eigenvalue weighted by molar-refractivity contribution is 0.218. The highest BCUT2D eigenvalue weighted by atomic mass is 16.5. The normalized spacial score (nSPS) is 12.2. The van der Waals surface area contributed by atoms with E-state index in [2.05, 4.69) is 0 Å². The highest BCUT2D eigenvalue weighted by Gasteiger charge is 2.19. The van der Waals surface area contributed by atoms with Crippen LogP contribution >= 0.6 is 0 Å². The Hall–Kier alpha value is -2.66. The van der Waals surface area contributed by atoms with E-state index in [1.165, 1.54) is 0 Å². The van der Waals surface area contributed by atoms with E-state index < -0.39 is 6.10 Å². The van der Waals surface area contributed by atoms with Crippen LogP contribution in [0.5, 0.6) is 17.2 Å². The number of aromatic nitrogens is 1. The highest BCUT2D eigenvalue weighted by molar-refractivity contribution is 5.81. The molecule has 1 N–H and O–H groups in total. The minimum Gasteiger partial charge on any atom is -0.493 e. The Bertz CT molecular complexity index is 844. The second-order valence-electron chi connectivity index (χ2n) is 5.61. The van der Waals surface area contributed by atoms with Gasteiger partial charge in [-0.15, -0.1) is 0 Å². The number of hydrogen-bond acceptors (Lipinski definition) is 4. The van der Waals surface area contributed by atoms with Gasteiger partial charge in [0.25, 0.3) is 0 Å². The molecule has 1 atom stereocenters. The summed E-state index contributed by atoms with van der Waals surface area (Å²) in [5.74, 6) is 1.55. The van der Waals surface area contributed by atoms with Crippen LogP contribution in [0.25, 0.3) is 10.9 Å². The van der Waals surface area contributed by atoms with Gasteiger partial charge < -0.3 is 23.9 Å². The molecule has 3 aromatic rings. The van der Waals surface area contributed by atoms with Crippen LogP contribution in [-0.2, 0) is 7.05 Å². The molecule has 0 aliphatic heterocycles. The molecule has 0 radical (unpaired) electrons. The van der Waals surface area contributed by atoms with Crippen molar-refractivity contribution in [1.82, 2.24) is 4.57 Å². The largest absolute Gasteiger partial charge is 0.493 e. The van der Waals surface area contributed by atoms with E-state index in [1.807, 2.05) is 42.1 Å². The van der Waals surface area contributed by atoms with Gasteiger partial charge in [-0.2, -0.15) is 0 Å². The number of benzene rings is 2. The summed E-state index contributed by atoms with van der Waals surface area (Å²) in [5, 5.41) is 11.9. The summed E-state index contributed by atoms with van der Waals surface area (Å²) in [6.07, 6.45) is 1.21. The number of fused-ring (bicyclic) bond motifs is 1. The van der Waals surface area contributed by atoms with E-state index in [0.717, 1.165) is 16.5 Å². The molecule has 2 aromatic carbocycles. The number of ether oxygens (including phenoxy) is 3. The quantitative estimate of drug-likeness (QED) is 0.781. The van der Waals surface area contributed by atoms with Crippen molar-refractivity contribution in [1.29, 1.82) is 0 Å². The summed E-state index contributed by atoms with van der Waals surface area (Å²) in [7, 11) is 6.67. The van der Waals surface area contributed by atoms with Crippen molar-refractivity contribution in [2.24, 2.45) is 7.05 Å². The Balaban J connectivity index is 2.05. The Labute approximate surface area is 141 Å². The van der Waals surface area contributed by atoms with Gasteiger partial charge in [-0.3, -0.25) is 0 Å². The lowest BCUT2D eigenvalue weighted by atomic mass is 9.99. The zero-order valence-electron chi connectivity index (χ0n) is 14.2. The van der Waals surface area contributed by atoms with Gasteiger partial charge >= 0.3 is 0 Å². The molecule has 0 saturated carbocycles. The van der Waals surface area contributed by atoms with Gasteiger partial charge in [0.05, 0.1) is 21.3 Å². The number of methoxy groups -OCH3 is 3. The molecule has 0 bridgehead atoms. The molecule has 0 saturated heterocycles. The Morgan fingerprint density at radius 2 is 1.54 bits per heavy atom. The first-order valence-electron chi connectivity index (χ1n) is 7.62. The van der Waals surface area contributed by atoms with Crippen LogP contribution in [0.15, 0.2) is 42.6 Å². The molecule has 0 spiro atoms. The minimum absolute atomic E-state index is 0.509. The number of aryl methyl sites for hydroxylation is 1. The smallest absolute Gasteiger partial charge is 0.203 e. The molecule has 0 amide bonds. The molecule has 1 aromatic heterocycles. The van der Waals surface area contributed by atoms with Gasteiger partial charge in [0, 0.05) is 18.8 Å². The second kappa shape index (κ2) is 6.45. The van der Waals surface area contributed by atoms with E-state index in [4.69, 9.17) is 14.2 Å². The number of rotatable bonds is 5. The summed E-state index contributed by atoms with van der Waals surface area (Å²) in [6, 6.07) is 11.5. The van der Waals surface area contributed by atoms with Crippen molar-refractivity contribution in [2.75, 3.05) is 21.3 Å². The van der Waals surface area contributed by atoms with Crippen molar-refractivity contribution in [3.05, 3.63) is 53.7 Å². The molecular weight excluding hydrogens is 306 g/mol. The summed E-state index contributed by atoms with van der Waals surface area (Å²) < 4.78 is 18.1. The predicted octanol–water partition coefficient (Wildman–Crippen LogP) is 3.29. The standard InChI is InChI=1S/C19H21NO4/c1-20-8-7-12-9-13(5-6-15(12)20)18(21)14-10-16(22-2)19(24-4)17(11-14)23-3/h5-11,18,21H,1-4H3. The first kappa shape index (κ1) is 16.2. The fraction of sp³-hybridized carbons (Fsp3) is 0.263. The third kappa shape index (κ3) is 2.67. The third-order valence-corrected chi connectivity index (χ3v) is 4.23. The SMILES string of the molecule is COc1cc(C(O)c2ccc3c(ccn3C)c2)cc(OC)c1OC. The van der Waals surface area contributed by atoms with Gasteiger partial charge in [-0.25, -0.2) is 0 Å². The van der Waals surface area contributed by atoms with Crippen molar-refractivity contribution >= 4 is 10.9 Å². The first-order valence-corrected chi connectivity index (χ1v) is 7.62. The Morgan fingerprint density at radius 1 is 0.875 bits per heavy atom. The molecule has 0 aliphatic carbocycles. The van der Waals surface area contributed by atoms with Crippen LogP contribution in [0, 0.1) is 0 Å². The molecule has 3 rings (SSSR count). The van der Waals surface area contributed by atoms with E-state index in [9.17, 15) is 5.11 Å². The van der Waals surface area contributed by atoms with Crippen LogP contribution in [-0.4, -0.2) is 31.0 Å². The molecule has 5 heteroatoms. The summed E-state index contributed by atoms with van der Waals surface area (Å²) in [5.41, 5.74) is 2.61. The molecule has 1 unspecified atom stereocenters. The molecule has 5 nitrogen and oxygen atoms in total. The Kier molecular flexibility index (Phi) is 4.36. The topological polar surface area (TPSA) is 52.9 Å². The van der Waals surface area contributed by atoms with Gasteiger partial charge in [0.15, 0.2) is 11.5 Å². The molecular formula is C19H21NO4. The fourth-order valence-corrected chi connectivity index (χ4v) is 2.92. The maximum atomic E-state index is 10.8. The monoisotopic (exact) mass is 327 g/mol. The van der Waals surface area contributed by atoms with Crippen molar-refractivity contribution in [3.63, 3.8) is 0 Å². The maximum absolute atomic E-state index is 10.8. The zero-order valence-corrected chi connectivity index (χ0v) is 14.2. The summed E-state index contributed by atoms with van der Waals surface area (Å²) in [6.45, 7) is 0. The lowest BCUT2D eigenvalue weighted by Crippen LogP contribution is -2.03. The second-order valence-corrected chi connectivity index (χ2v) is 5.61. The third-order valence-electron chi connectivity index (χ3n) is 4.23. The molecule has 0 fully saturated rings. The zero-order chi connectivity index (χ0) is 17.3. The van der Waals surface area contributed by atoms with Gasteiger partial charge in [0.2, 0.25) is 5.75 Å². The van der Waals surface area contributed by atoms with E-state index in [0.29, 0.717) is 22.8 Å². The first-order chi connectivity index (χ1) is 11.6. The average molecular weight is 327 g/mol. The highest BCUT2D eigenvalue weighted by Crippen LogP contribution is 2.40. The number of nitrogens with zero attached hydrogens (tertiary/aromatic N) is 1. The number of aliphatic hydroxyl groups is 1. The van der Waals surface area contributed by atoms with Gasteiger partial charge in [-0.1, -0.05) is 6.07 Å². The number of aliphatic hydroxyl groups excluding tert-OH is 1. The summed E-state index contributed by atoms with van der Waals surface area (Å²) in [4.78, 5) is 0. The van der Waals surface area contributed by atoms with Gasteiger partial charge in [0.1, 0.15) is 6.10 Å². The average Bonchev–Trinajstić information content (AvgIpc) is 3.00. The Morgan fingerprint density at radius 3 is 2.12 bits per heavy atom. The lowest BCUT2D eigenvalue weighted by Gasteiger charge is -2.17. The van der Waals surface area contributed by atoms with Crippen molar-refractivity contribution < 1.29 is 19.3 Å². The maximum Gasteiger partial charge on any atom is 0.203 e. The van der Waals surface area contributed by atoms with E-state index in [-0.39, 0.29) is 0 Å². The van der Waals surface area contributed by atoms with E-state index >= 15 is 0 Å². The van der Waals surface area contributed by atoms with Crippen molar-refractivity contribution in [3.8, 4) is 17.2 Å². The molecule has 0 aliphatic rings. The van der Waals surface area contributed by atoms with E-state index in [1.54, 1.807) is 33.5 Å². The molecule has 1 heterocycles. The van der Waals surface area contributed by atoms with Crippen LogP contribution in [0.3, 0.4) is 0 Å². The minimum atomic E-state index is -0.789. The molecule has 126 valence electrons. The van der Waals surface area contributed by atoms with Crippen LogP contribution in [0.2, 0.25) is 0 Å². The van der Waals surface area contributed by atoms with Crippen LogP contribution < -0.4 is 14.2 Å².